The van der Waals surface area contributed by atoms with E-state index in [9.17, 15) is 4.79 Å². The molecule has 0 spiro atoms. The number of nitrogens with zero attached hydrogens (tertiary/aromatic N) is 3. The summed E-state index contributed by atoms with van der Waals surface area (Å²) in [5.74, 6) is 1.27. The number of hydrogen-bond donors (Lipinski definition) is 1. The molecule has 1 amide bonds. The van der Waals surface area contributed by atoms with Crippen LogP contribution in [0.4, 0.5) is 0 Å². The summed E-state index contributed by atoms with van der Waals surface area (Å²) in [5.41, 5.74) is 2.13. The number of carbonyl (C=O) groups is 1. The zero-order chi connectivity index (χ0) is 21.9. The lowest BCUT2D eigenvalue weighted by molar-refractivity contribution is -0.119. The van der Waals surface area contributed by atoms with Crippen molar-refractivity contribution in [2.45, 2.75) is 56.6 Å². The van der Waals surface area contributed by atoms with Crippen molar-refractivity contribution < 1.29 is 4.79 Å². The van der Waals surface area contributed by atoms with E-state index >= 15 is 0 Å². The van der Waals surface area contributed by atoms with Gasteiger partial charge in [-0.15, -0.1) is 10.2 Å². The molecule has 0 saturated heterocycles. The molecule has 1 heterocycles. The van der Waals surface area contributed by atoms with Crippen LogP contribution in [-0.4, -0.2) is 26.4 Å². The third-order valence-electron chi connectivity index (χ3n) is 5.33. The minimum Gasteiger partial charge on any atom is -0.344 e. The molecule has 6 heteroatoms. The number of amides is 1. The molecule has 0 aliphatic rings. The monoisotopic (exact) mass is 436 g/mol. The van der Waals surface area contributed by atoms with Crippen molar-refractivity contribution in [1.82, 2.24) is 20.1 Å². The predicted molar refractivity (Wildman–Crippen MR) is 127 cm³/mol. The third-order valence-corrected chi connectivity index (χ3v) is 6.35. The number of unbranched alkanes of at least 4 members (excludes halogenated alkanes) is 4. The van der Waals surface area contributed by atoms with Crippen LogP contribution in [0, 0.1) is 0 Å². The largest absolute Gasteiger partial charge is 0.344 e. The highest BCUT2D eigenvalue weighted by molar-refractivity contribution is 7.99. The minimum atomic E-state index is -0.173. The predicted octanol–water partition coefficient (Wildman–Crippen LogP) is 5.33. The molecule has 3 rings (SSSR count). The molecule has 0 fully saturated rings. The fraction of sp³-hybridized carbons (Fsp3) is 0.400. The Kier molecular flexibility index (Phi) is 9.16. The van der Waals surface area contributed by atoms with Crippen molar-refractivity contribution in [3.05, 3.63) is 77.6 Å². The number of hydrogen-bond acceptors (Lipinski definition) is 4. The molecule has 1 N–H and O–H groups in total. The van der Waals surface area contributed by atoms with Crippen LogP contribution in [0.1, 0.15) is 62.0 Å². The lowest BCUT2D eigenvalue weighted by Gasteiger charge is -2.19. The van der Waals surface area contributed by atoms with E-state index in [2.05, 4.69) is 22.4 Å². The Hall–Kier alpha value is -2.60. The van der Waals surface area contributed by atoms with Gasteiger partial charge in [-0.25, -0.2) is 0 Å². The second-order valence-electron chi connectivity index (χ2n) is 7.73. The van der Waals surface area contributed by atoms with Gasteiger partial charge in [-0.2, -0.15) is 0 Å². The van der Waals surface area contributed by atoms with Crippen LogP contribution < -0.4 is 5.32 Å². The zero-order valence-electron chi connectivity index (χ0n) is 18.5. The van der Waals surface area contributed by atoms with Crippen LogP contribution in [0.15, 0.2) is 65.8 Å². The van der Waals surface area contributed by atoms with Crippen LogP contribution in [-0.2, 0) is 18.3 Å². The summed E-state index contributed by atoms with van der Waals surface area (Å²) in [5, 5.41) is 12.6. The number of rotatable bonds is 12. The normalized spacial score (nSPS) is 11.1. The summed E-state index contributed by atoms with van der Waals surface area (Å²) in [6.45, 7) is 2.23. The average molecular weight is 437 g/mol. The summed E-state index contributed by atoms with van der Waals surface area (Å²) in [6, 6.07) is 19.9. The SMILES string of the molecule is CCCCCCCc1nnc(SCC(=O)NC(c2ccccc2)c2ccccc2)n1C. The molecule has 31 heavy (non-hydrogen) atoms. The first kappa shape index (κ1) is 23.1. The molecule has 164 valence electrons. The van der Waals surface area contributed by atoms with Crippen molar-refractivity contribution in [2.75, 3.05) is 5.75 Å². The van der Waals surface area contributed by atoms with E-state index in [-0.39, 0.29) is 11.9 Å². The van der Waals surface area contributed by atoms with Crippen LogP contribution in [0.5, 0.6) is 0 Å². The zero-order valence-corrected chi connectivity index (χ0v) is 19.3. The molecule has 1 aromatic heterocycles. The van der Waals surface area contributed by atoms with Gasteiger partial charge in [0.1, 0.15) is 5.82 Å². The maximum absolute atomic E-state index is 12.8. The lowest BCUT2D eigenvalue weighted by Crippen LogP contribution is -2.30. The molecule has 0 bridgehead atoms. The summed E-state index contributed by atoms with van der Waals surface area (Å²) in [7, 11) is 1.98. The first-order valence-electron chi connectivity index (χ1n) is 11.1. The Bertz CT molecular complexity index is 888. The Labute approximate surface area is 189 Å². The second kappa shape index (κ2) is 12.3. The highest BCUT2D eigenvalue weighted by atomic mass is 32.2. The molecule has 0 unspecified atom stereocenters. The smallest absolute Gasteiger partial charge is 0.231 e. The van der Waals surface area contributed by atoms with Gasteiger partial charge in [0.2, 0.25) is 5.91 Å². The third kappa shape index (κ3) is 6.96. The molecule has 0 aliphatic heterocycles. The Balaban J connectivity index is 1.56. The maximum Gasteiger partial charge on any atom is 0.231 e. The van der Waals surface area contributed by atoms with Crippen LogP contribution in [0.2, 0.25) is 0 Å². The second-order valence-corrected chi connectivity index (χ2v) is 8.68. The number of benzene rings is 2. The van der Waals surface area contributed by atoms with Gasteiger partial charge >= 0.3 is 0 Å². The van der Waals surface area contributed by atoms with Gasteiger partial charge in [0.25, 0.3) is 0 Å². The summed E-state index contributed by atoms with van der Waals surface area (Å²) >= 11 is 1.43. The summed E-state index contributed by atoms with van der Waals surface area (Å²) in [6.07, 6.45) is 7.12. The average Bonchev–Trinajstić information content (AvgIpc) is 3.16. The van der Waals surface area contributed by atoms with Gasteiger partial charge in [0.05, 0.1) is 11.8 Å². The standard InChI is InChI=1S/C25H32N4OS/c1-3-4-5-6-13-18-22-27-28-25(29(22)2)31-19-23(30)26-24(20-14-9-7-10-15-20)21-16-11-8-12-17-21/h7-12,14-17,24H,3-6,13,18-19H2,1-2H3,(H,26,30). The van der Waals surface area contributed by atoms with Gasteiger partial charge < -0.3 is 9.88 Å². The molecule has 5 nitrogen and oxygen atoms in total. The van der Waals surface area contributed by atoms with Gasteiger partial charge in [0.15, 0.2) is 5.16 Å². The molecule has 0 saturated carbocycles. The molecular formula is C25H32N4OS. The Morgan fingerprint density at radius 3 is 2.16 bits per heavy atom. The highest BCUT2D eigenvalue weighted by Gasteiger charge is 2.18. The molecule has 0 aliphatic carbocycles. The van der Waals surface area contributed by atoms with Crippen molar-refractivity contribution >= 4 is 17.7 Å². The summed E-state index contributed by atoms with van der Waals surface area (Å²) in [4.78, 5) is 12.8. The van der Waals surface area contributed by atoms with E-state index in [1.54, 1.807) is 0 Å². The Morgan fingerprint density at radius 2 is 1.55 bits per heavy atom. The van der Waals surface area contributed by atoms with Crippen molar-refractivity contribution in [3.63, 3.8) is 0 Å². The van der Waals surface area contributed by atoms with Gasteiger partial charge in [-0.05, 0) is 17.5 Å². The highest BCUT2D eigenvalue weighted by Crippen LogP contribution is 2.23. The quantitative estimate of drug-likeness (QED) is 0.308. The van der Waals surface area contributed by atoms with E-state index in [0.717, 1.165) is 34.9 Å². The number of thioether (sulfide) groups is 1. The number of aryl methyl sites for hydroxylation is 1. The number of nitrogens with one attached hydrogen (secondary N) is 1. The van der Waals surface area contributed by atoms with Gasteiger partial charge in [-0.1, -0.05) is 105 Å². The minimum absolute atomic E-state index is 0.0215. The number of aromatic nitrogens is 3. The molecular weight excluding hydrogens is 404 g/mol. The molecule has 2 aromatic carbocycles. The van der Waals surface area contributed by atoms with Crippen LogP contribution in [0.3, 0.4) is 0 Å². The maximum atomic E-state index is 12.8. The van der Waals surface area contributed by atoms with E-state index in [1.807, 2.05) is 72.3 Å². The summed E-state index contributed by atoms with van der Waals surface area (Å²) < 4.78 is 2.02. The molecule has 3 aromatic rings. The number of carbonyl (C=O) groups excluding carboxylic acids is 1. The fourth-order valence-corrected chi connectivity index (χ4v) is 4.30. The lowest BCUT2D eigenvalue weighted by atomic mass is 9.99. The van der Waals surface area contributed by atoms with Crippen molar-refractivity contribution in [3.8, 4) is 0 Å². The van der Waals surface area contributed by atoms with E-state index in [1.165, 1.54) is 37.4 Å². The van der Waals surface area contributed by atoms with Crippen molar-refractivity contribution in [2.24, 2.45) is 7.05 Å². The van der Waals surface area contributed by atoms with Crippen molar-refractivity contribution in [1.29, 1.82) is 0 Å². The van der Waals surface area contributed by atoms with Crippen LogP contribution >= 0.6 is 11.8 Å². The first-order valence-corrected chi connectivity index (χ1v) is 12.1. The van der Waals surface area contributed by atoms with E-state index in [4.69, 9.17) is 0 Å². The fourth-order valence-electron chi connectivity index (χ4n) is 3.56. The molecule has 0 radical (unpaired) electrons. The van der Waals surface area contributed by atoms with Gasteiger partial charge in [0, 0.05) is 13.5 Å². The topological polar surface area (TPSA) is 59.8 Å². The van der Waals surface area contributed by atoms with Gasteiger partial charge in [-0.3, -0.25) is 4.79 Å². The van der Waals surface area contributed by atoms with Crippen LogP contribution in [0.25, 0.3) is 0 Å². The molecule has 0 atom stereocenters. The Morgan fingerprint density at radius 1 is 0.935 bits per heavy atom. The van der Waals surface area contributed by atoms with E-state index in [0.29, 0.717) is 5.75 Å². The van der Waals surface area contributed by atoms with E-state index < -0.39 is 0 Å². The first-order chi connectivity index (χ1) is 15.2.